The molecule has 1 N–H and O–H groups in total. The molecule has 3 rings (SSSR count). The molecule has 1 amide bonds. The molecule has 0 saturated heterocycles. The van der Waals surface area contributed by atoms with E-state index in [0.717, 1.165) is 5.75 Å². The molecule has 1 heterocycles. The molecule has 0 saturated carbocycles. The Morgan fingerprint density at radius 2 is 1.46 bits per heavy atom. The molecule has 0 bridgehead atoms. The van der Waals surface area contributed by atoms with E-state index in [1.54, 1.807) is 38.1 Å². The number of rotatable bonds is 5. The first-order chi connectivity index (χ1) is 12.6. The van der Waals surface area contributed by atoms with Crippen LogP contribution in [0.4, 0.5) is 5.69 Å². The highest BCUT2D eigenvalue weighted by Gasteiger charge is 2.13. The van der Waals surface area contributed by atoms with Crippen molar-refractivity contribution < 1.29 is 14.3 Å². The zero-order valence-corrected chi connectivity index (χ0v) is 14.8. The summed E-state index contributed by atoms with van der Waals surface area (Å²) < 4.78 is 10.8. The van der Waals surface area contributed by atoms with Gasteiger partial charge in [0.1, 0.15) is 11.5 Å². The highest BCUT2D eigenvalue weighted by molar-refractivity contribution is 6.04. The second kappa shape index (κ2) is 7.65. The number of methoxy groups -OCH3 is 1. The van der Waals surface area contributed by atoms with Crippen molar-refractivity contribution in [2.75, 3.05) is 12.4 Å². The Labute approximate surface area is 151 Å². The summed E-state index contributed by atoms with van der Waals surface area (Å²) in [5.41, 5.74) is 2.39. The third kappa shape index (κ3) is 3.97. The third-order valence-corrected chi connectivity index (χ3v) is 3.77. The Bertz CT molecular complexity index is 886. The van der Waals surface area contributed by atoms with Gasteiger partial charge in [0, 0.05) is 5.56 Å². The fourth-order valence-corrected chi connectivity index (χ4v) is 2.44. The average molecular weight is 349 g/mol. The average Bonchev–Trinajstić information content (AvgIpc) is 2.65. The number of nitrogens with zero attached hydrogens (tertiary/aromatic N) is 2. The summed E-state index contributed by atoms with van der Waals surface area (Å²) in [4.78, 5) is 20.9. The lowest BCUT2D eigenvalue weighted by Gasteiger charge is -2.12. The minimum Gasteiger partial charge on any atom is -0.467 e. The molecule has 0 aliphatic rings. The van der Waals surface area contributed by atoms with Crippen molar-refractivity contribution in [1.29, 1.82) is 0 Å². The van der Waals surface area contributed by atoms with Crippen LogP contribution < -0.4 is 14.8 Å². The zero-order valence-electron chi connectivity index (χ0n) is 14.8. The summed E-state index contributed by atoms with van der Waals surface area (Å²) in [6, 6.07) is 16.7. The summed E-state index contributed by atoms with van der Waals surface area (Å²) in [6.45, 7) is 3.59. The Morgan fingerprint density at radius 3 is 2.04 bits per heavy atom. The van der Waals surface area contributed by atoms with E-state index in [1.165, 1.54) is 7.11 Å². The molecular weight excluding hydrogens is 330 g/mol. The Kier molecular flexibility index (Phi) is 5.12. The quantitative estimate of drug-likeness (QED) is 0.749. The van der Waals surface area contributed by atoms with Crippen molar-refractivity contribution in [3.8, 4) is 17.5 Å². The molecule has 0 unspecified atom stereocenters. The van der Waals surface area contributed by atoms with Crippen LogP contribution in [-0.4, -0.2) is 23.0 Å². The van der Waals surface area contributed by atoms with Crippen molar-refractivity contribution in [2.45, 2.75) is 13.8 Å². The predicted octanol–water partition coefficient (Wildman–Crippen LogP) is 4.15. The molecule has 1 aromatic heterocycles. The van der Waals surface area contributed by atoms with Gasteiger partial charge in [-0.2, -0.15) is 9.97 Å². The number of carbonyl (C=O) groups is 1. The zero-order chi connectivity index (χ0) is 18.5. The van der Waals surface area contributed by atoms with Gasteiger partial charge in [-0.25, -0.2) is 0 Å². The SMILES string of the molecule is COc1nc(C)c(NC(=O)c2ccc(Oc3ccccc3)cc2)c(C)n1. The molecule has 6 nitrogen and oxygen atoms in total. The number of nitrogens with one attached hydrogen (secondary N) is 1. The van der Waals surface area contributed by atoms with E-state index in [4.69, 9.17) is 9.47 Å². The lowest BCUT2D eigenvalue weighted by Crippen LogP contribution is -2.15. The van der Waals surface area contributed by atoms with Gasteiger partial charge < -0.3 is 14.8 Å². The van der Waals surface area contributed by atoms with Gasteiger partial charge in [-0.1, -0.05) is 18.2 Å². The van der Waals surface area contributed by atoms with Crippen LogP contribution in [0.25, 0.3) is 0 Å². The molecule has 2 aromatic carbocycles. The summed E-state index contributed by atoms with van der Waals surface area (Å²) in [7, 11) is 1.51. The number of hydrogen-bond donors (Lipinski definition) is 1. The number of hydrogen-bond acceptors (Lipinski definition) is 5. The van der Waals surface area contributed by atoms with Gasteiger partial charge in [0.05, 0.1) is 24.2 Å². The van der Waals surface area contributed by atoms with E-state index in [2.05, 4.69) is 15.3 Å². The fourth-order valence-electron chi connectivity index (χ4n) is 2.44. The molecule has 0 radical (unpaired) electrons. The third-order valence-electron chi connectivity index (χ3n) is 3.77. The summed E-state index contributed by atoms with van der Waals surface area (Å²) in [5.74, 6) is 1.16. The number of aromatic nitrogens is 2. The Hall–Kier alpha value is -3.41. The van der Waals surface area contributed by atoms with Gasteiger partial charge >= 0.3 is 6.01 Å². The largest absolute Gasteiger partial charge is 0.467 e. The van der Waals surface area contributed by atoms with Gasteiger partial charge in [-0.15, -0.1) is 0 Å². The molecule has 0 aliphatic heterocycles. The fraction of sp³-hybridized carbons (Fsp3) is 0.150. The van der Waals surface area contributed by atoms with Gasteiger partial charge in [0.2, 0.25) is 0 Å². The molecule has 6 heteroatoms. The Balaban J connectivity index is 1.73. The predicted molar refractivity (Wildman–Crippen MR) is 99.0 cm³/mol. The highest BCUT2D eigenvalue weighted by atomic mass is 16.5. The normalized spacial score (nSPS) is 10.3. The number of para-hydroxylation sites is 1. The maximum Gasteiger partial charge on any atom is 0.316 e. The highest BCUT2D eigenvalue weighted by Crippen LogP contribution is 2.23. The monoisotopic (exact) mass is 349 g/mol. The molecule has 0 spiro atoms. The van der Waals surface area contributed by atoms with E-state index in [9.17, 15) is 4.79 Å². The van der Waals surface area contributed by atoms with Crippen LogP contribution in [0.15, 0.2) is 54.6 Å². The topological polar surface area (TPSA) is 73.3 Å². The second-order valence-electron chi connectivity index (χ2n) is 5.65. The van der Waals surface area contributed by atoms with E-state index < -0.39 is 0 Å². The number of amides is 1. The van der Waals surface area contributed by atoms with Crippen molar-refractivity contribution in [1.82, 2.24) is 9.97 Å². The molecular formula is C20H19N3O3. The molecule has 0 fully saturated rings. The number of ether oxygens (including phenoxy) is 2. The van der Waals surface area contributed by atoms with E-state index in [1.807, 2.05) is 30.3 Å². The first-order valence-electron chi connectivity index (χ1n) is 8.10. The smallest absolute Gasteiger partial charge is 0.316 e. The number of anilines is 1. The maximum absolute atomic E-state index is 12.5. The summed E-state index contributed by atoms with van der Waals surface area (Å²) >= 11 is 0. The van der Waals surface area contributed by atoms with Crippen LogP contribution in [0.3, 0.4) is 0 Å². The minimum absolute atomic E-state index is 0.240. The van der Waals surface area contributed by atoms with E-state index in [-0.39, 0.29) is 11.9 Å². The molecule has 3 aromatic rings. The van der Waals surface area contributed by atoms with Crippen LogP contribution in [0.5, 0.6) is 17.5 Å². The number of carbonyl (C=O) groups excluding carboxylic acids is 1. The number of benzene rings is 2. The van der Waals surface area contributed by atoms with Gasteiger partial charge in [0.25, 0.3) is 5.91 Å². The van der Waals surface area contributed by atoms with E-state index in [0.29, 0.717) is 28.4 Å². The molecule has 0 atom stereocenters. The molecule has 0 aliphatic carbocycles. The lowest BCUT2D eigenvalue weighted by molar-refractivity contribution is 0.102. The van der Waals surface area contributed by atoms with Crippen LogP contribution in [0.1, 0.15) is 21.7 Å². The standard InChI is InChI=1S/C20H19N3O3/c1-13-18(14(2)22-20(21-13)25-3)23-19(24)15-9-11-17(12-10-15)26-16-7-5-4-6-8-16/h4-12H,1-3H3,(H,23,24). The van der Waals surface area contributed by atoms with Gasteiger partial charge in [-0.05, 0) is 50.2 Å². The van der Waals surface area contributed by atoms with Crippen molar-refractivity contribution in [3.05, 3.63) is 71.5 Å². The number of aryl methyl sites for hydroxylation is 2. The van der Waals surface area contributed by atoms with Crippen LogP contribution in [0, 0.1) is 13.8 Å². The minimum atomic E-state index is -0.240. The van der Waals surface area contributed by atoms with Crippen LogP contribution in [-0.2, 0) is 0 Å². The van der Waals surface area contributed by atoms with Crippen molar-refractivity contribution in [3.63, 3.8) is 0 Å². The van der Waals surface area contributed by atoms with Gasteiger partial charge in [0.15, 0.2) is 0 Å². The Morgan fingerprint density at radius 1 is 0.885 bits per heavy atom. The lowest BCUT2D eigenvalue weighted by atomic mass is 10.2. The van der Waals surface area contributed by atoms with Gasteiger partial charge in [-0.3, -0.25) is 4.79 Å². The molecule has 132 valence electrons. The van der Waals surface area contributed by atoms with Crippen LogP contribution in [0.2, 0.25) is 0 Å². The molecule has 26 heavy (non-hydrogen) atoms. The summed E-state index contributed by atoms with van der Waals surface area (Å²) in [5, 5.41) is 2.85. The van der Waals surface area contributed by atoms with E-state index >= 15 is 0 Å². The first kappa shape index (κ1) is 17.4. The summed E-state index contributed by atoms with van der Waals surface area (Å²) in [6.07, 6.45) is 0. The van der Waals surface area contributed by atoms with Crippen molar-refractivity contribution >= 4 is 11.6 Å². The second-order valence-corrected chi connectivity index (χ2v) is 5.65. The van der Waals surface area contributed by atoms with Crippen LogP contribution >= 0.6 is 0 Å². The van der Waals surface area contributed by atoms with Crippen molar-refractivity contribution in [2.24, 2.45) is 0 Å². The maximum atomic E-state index is 12.5. The first-order valence-corrected chi connectivity index (χ1v) is 8.10.